The van der Waals surface area contributed by atoms with Gasteiger partial charge in [0.25, 0.3) is 5.91 Å². The smallest absolute Gasteiger partial charge is 0.261 e. The Morgan fingerprint density at radius 3 is 2.54 bits per heavy atom. The molecular weight excluding hydrogens is 394 g/mol. The zero-order chi connectivity index (χ0) is 19.3. The normalized spacial score (nSPS) is 17.8. The Kier molecular flexibility index (Phi) is 6.55. The minimum Gasteiger partial charge on any atom is -0.300 e. The van der Waals surface area contributed by atoms with Gasteiger partial charge in [0, 0.05) is 23.2 Å². The highest BCUT2D eigenvalue weighted by Crippen LogP contribution is 2.42. The number of allylic oxidation sites excluding steroid dienone is 1. The first-order valence-corrected chi connectivity index (χ1v) is 9.46. The number of hydrogen-bond donors (Lipinski definition) is 0. The topological polar surface area (TPSA) is 54.5 Å². The van der Waals surface area contributed by atoms with Gasteiger partial charge in [0.2, 0.25) is 6.41 Å². The van der Waals surface area contributed by atoms with Gasteiger partial charge in [0.15, 0.2) is 0 Å². The number of carbonyl (C=O) groups is 3. The first-order chi connectivity index (χ1) is 12.4. The second-order valence-electron chi connectivity index (χ2n) is 6.54. The monoisotopic (exact) mass is 415 g/mol. The molecule has 0 aliphatic heterocycles. The predicted molar refractivity (Wildman–Crippen MR) is 105 cm³/mol. The van der Waals surface area contributed by atoms with Crippen LogP contribution in [0, 0.1) is 25.2 Å². The van der Waals surface area contributed by atoms with E-state index in [2.05, 4.69) is 21.9 Å². The van der Waals surface area contributed by atoms with E-state index in [9.17, 15) is 14.4 Å². The van der Waals surface area contributed by atoms with Crippen LogP contribution in [-0.4, -0.2) is 33.4 Å². The van der Waals surface area contributed by atoms with E-state index in [1.807, 2.05) is 38.1 Å². The predicted octanol–water partition coefficient (Wildman–Crippen LogP) is 3.67. The first kappa shape index (κ1) is 20.1. The van der Waals surface area contributed by atoms with Gasteiger partial charge in [-0.3, -0.25) is 19.3 Å². The summed E-state index contributed by atoms with van der Waals surface area (Å²) in [6.07, 6.45) is 11.0. The Balaban J connectivity index is 2.42. The Morgan fingerprint density at radius 1 is 1.38 bits per heavy atom. The van der Waals surface area contributed by atoms with E-state index in [4.69, 9.17) is 6.42 Å². The second-order valence-corrected chi connectivity index (χ2v) is 7.72. The average Bonchev–Trinajstić information content (AvgIpc) is 2.61. The van der Waals surface area contributed by atoms with Gasteiger partial charge < -0.3 is 0 Å². The number of aryl methyl sites for hydroxylation is 1. The van der Waals surface area contributed by atoms with Gasteiger partial charge in [-0.15, -0.1) is 6.42 Å². The van der Waals surface area contributed by atoms with E-state index >= 15 is 0 Å². The van der Waals surface area contributed by atoms with Crippen molar-refractivity contribution < 1.29 is 14.4 Å². The number of halogens is 1. The highest BCUT2D eigenvalue weighted by molar-refractivity contribution is 9.09. The van der Waals surface area contributed by atoms with Crippen molar-refractivity contribution >= 4 is 34.0 Å². The summed E-state index contributed by atoms with van der Waals surface area (Å²) in [6.45, 7) is 3.83. The molecule has 1 fully saturated rings. The van der Waals surface area contributed by atoms with E-state index < -0.39 is 17.4 Å². The molecule has 0 N–H and O–H groups in total. The molecule has 1 aliphatic rings. The van der Waals surface area contributed by atoms with E-state index in [1.165, 1.54) is 0 Å². The summed E-state index contributed by atoms with van der Waals surface area (Å²) in [7, 11) is 0. The Morgan fingerprint density at radius 2 is 2.04 bits per heavy atom. The molecule has 1 aliphatic carbocycles. The van der Waals surface area contributed by atoms with Gasteiger partial charge in [0.05, 0.1) is 11.5 Å². The molecule has 2 amide bonds. The lowest BCUT2D eigenvalue weighted by molar-refractivity contribution is -0.139. The van der Waals surface area contributed by atoms with Crippen molar-refractivity contribution in [3.63, 3.8) is 0 Å². The molecule has 1 saturated carbocycles. The molecule has 2 unspecified atom stereocenters. The summed E-state index contributed by atoms with van der Waals surface area (Å²) in [5.74, 6) is 1.71. The minimum atomic E-state index is -0.996. The van der Waals surface area contributed by atoms with Crippen molar-refractivity contribution in [3.8, 4) is 12.3 Å². The molecule has 2 atom stereocenters. The second kappa shape index (κ2) is 8.46. The number of Topliss-reactive ketones (excluding diaryl/α,β-unsaturated/α-hetero) is 1. The quantitative estimate of drug-likeness (QED) is 0.295. The average molecular weight is 416 g/mol. The third-order valence-corrected chi connectivity index (χ3v) is 5.80. The van der Waals surface area contributed by atoms with Gasteiger partial charge >= 0.3 is 0 Å². The van der Waals surface area contributed by atoms with Crippen molar-refractivity contribution in [1.82, 2.24) is 4.90 Å². The van der Waals surface area contributed by atoms with Crippen LogP contribution < -0.4 is 0 Å². The van der Waals surface area contributed by atoms with Gasteiger partial charge in [-0.1, -0.05) is 59.1 Å². The zero-order valence-electron chi connectivity index (χ0n) is 14.9. The van der Waals surface area contributed by atoms with Crippen LogP contribution in [0.25, 0.3) is 0 Å². The molecule has 5 heteroatoms. The lowest BCUT2D eigenvalue weighted by atomic mass is 9.66. The lowest BCUT2D eigenvalue weighted by Crippen LogP contribution is -2.63. The van der Waals surface area contributed by atoms with Crippen molar-refractivity contribution in [1.29, 1.82) is 0 Å². The van der Waals surface area contributed by atoms with Crippen LogP contribution in [0.3, 0.4) is 0 Å². The number of ketones is 1. The summed E-state index contributed by atoms with van der Waals surface area (Å²) in [5.41, 5.74) is 0.207. The van der Waals surface area contributed by atoms with Crippen LogP contribution >= 0.6 is 15.9 Å². The number of benzene rings is 1. The number of rotatable bonds is 7. The molecule has 0 radical (unpaired) electrons. The number of hydrogen-bond acceptors (Lipinski definition) is 3. The highest BCUT2D eigenvalue weighted by Gasteiger charge is 2.54. The third kappa shape index (κ3) is 3.81. The Hall–Kier alpha value is -2.19. The fraction of sp³-hybridized carbons (Fsp3) is 0.381. The van der Waals surface area contributed by atoms with Crippen molar-refractivity contribution in [2.75, 3.05) is 0 Å². The maximum absolute atomic E-state index is 13.0. The molecule has 0 bridgehead atoms. The van der Waals surface area contributed by atoms with E-state index in [-0.39, 0.29) is 23.5 Å². The maximum atomic E-state index is 13.0. The summed E-state index contributed by atoms with van der Waals surface area (Å²) in [4.78, 5) is 38.0. The summed E-state index contributed by atoms with van der Waals surface area (Å²) in [5, 5.41) is 0. The number of carbonyl (C=O) groups excluding carboxylic acids is 3. The van der Waals surface area contributed by atoms with Gasteiger partial charge in [0.1, 0.15) is 5.78 Å². The molecular formula is C21H22BrNO3. The van der Waals surface area contributed by atoms with Gasteiger partial charge in [-0.25, -0.2) is 0 Å². The first-order valence-electron chi connectivity index (χ1n) is 8.54. The molecule has 1 aromatic carbocycles. The number of imide groups is 1. The largest absolute Gasteiger partial charge is 0.300 e. The summed E-state index contributed by atoms with van der Waals surface area (Å²) >= 11 is 3.51. The fourth-order valence-corrected chi connectivity index (χ4v) is 3.40. The van der Waals surface area contributed by atoms with Crippen LogP contribution in [0.2, 0.25) is 0 Å². The van der Waals surface area contributed by atoms with Crippen molar-refractivity contribution in [2.45, 2.75) is 43.5 Å². The fourth-order valence-electron chi connectivity index (χ4n) is 3.23. The highest BCUT2D eigenvalue weighted by atomic mass is 79.9. The van der Waals surface area contributed by atoms with Crippen molar-refractivity contribution in [3.05, 3.63) is 47.5 Å². The van der Waals surface area contributed by atoms with E-state index in [0.717, 1.165) is 16.9 Å². The number of terminal acetylenes is 1. The molecule has 136 valence electrons. The van der Waals surface area contributed by atoms with Crippen LogP contribution in [0.5, 0.6) is 0 Å². The standard InChI is InChI=1S/C21H22BrNO3/c1-4-16(10-11-17(22)5-2)21(12-18(25)13-21)23(14-24)20(26)19-9-7-6-8-15(19)3/h1,6-11,14,16-17H,5,12-13H2,2-3H3. The van der Waals surface area contributed by atoms with Gasteiger partial charge in [-0.05, 0) is 25.0 Å². The van der Waals surface area contributed by atoms with Crippen LogP contribution in [0.1, 0.15) is 42.1 Å². The lowest BCUT2D eigenvalue weighted by Gasteiger charge is -2.48. The molecule has 2 rings (SSSR count). The van der Waals surface area contributed by atoms with Crippen LogP contribution in [0.4, 0.5) is 0 Å². The molecule has 0 spiro atoms. The van der Waals surface area contributed by atoms with Gasteiger partial charge in [-0.2, -0.15) is 0 Å². The molecule has 0 heterocycles. The SMILES string of the molecule is C#CC(C=CC(Br)CC)C1(N(C=O)C(=O)c2ccccc2C)CC(=O)C1. The van der Waals surface area contributed by atoms with E-state index in [0.29, 0.717) is 12.0 Å². The molecule has 0 saturated heterocycles. The molecule has 4 nitrogen and oxygen atoms in total. The van der Waals surface area contributed by atoms with E-state index in [1.54, 1.807) is 12.1 Å². The van der Waals surface area contributed by atoms with Crippen molar-refractivity contribution in [2.24, 2.45) is 5.92 Å². The molecule has 0 aromatic heterocycles. The Labute approximate surface area is 162 Å². The van der Waals surface area contributed by atoms with Crippen LogP contribution in [0.15, 0.2) is 36.4 Å². The molecule has 26 heavy (non-hydrogen) atoms. The number of alkyl halides is 1. The zero-order valence-corrected chi connectivity index (χ0v) is 16.5. The maximum Gasteiger partial charge on any atom is 0.261 e. The number of amides is 2. The van der Waals surface area contributed by atoms with Crippen LogP contribution in [-0.2, 0) is 9.59 Å². The third-order valence-electron chi connectivity index (χ3n) is 4.85. The molecule has 1 aromatic rings. The number of nitrogens with zero attached hydrogens (tertiary/aromatic N) is 1. The Bertz CT molecular complexity index is 770. The summed E-state index contributed by atoms with van der Waals surface area (Å²) < 4.78 is 0. The summed E-state index contributed by atoms with van der Waals surface area (Å²) in [6, 6.07) is 7.06. The minimum absolute atomic E-state index is 0.00559.